The Morgan fingerprint density at radius 2 is 1.95 bits per heavy atom. The molecule has 0 spiro atoms. The molecule has 1 aromatic rings. The molecule has 1 aliphatic carbocycles. The molecule has 1 aliphatic rings. The van der Waals surface area contributed by atoms with E-state index < -0.39 is 42.1 Å². The van der Waals surface area contributed by atoms with E-state index in [9.17, 15) is 22.8 Å². The van der Waals surface area contributed by atoms with Crippen molar-refractivity contribution in [2.24, 2.45) is 11.7 Å². The van der Waals surface area contributed by atoms with Crippen LogP contribution in [-0.4, -0.2) is 18.5 Å². The number of halogens is 3. The smallest absolute Gasteiger partial charge is 0.416 e. The van der Waals surface area contributed by atoms with Crippen LogP contribution in [-0.2, 0) is 20.5 Å². The minimum Gasteiger partial charge on any atom is -0.455 e. The molecule has 0 saturated heterocycles. The number of hydrogen-bond donors (Lipinski definition) is 1. The van der Waals surface area contributed by atoms with Crippen molar-refractivity contribution in [1.82, 2.24) is 0 Å². The number of primary amides is 1. The van der Waals surface area contributed by atoms with Crippen LogP contribution in [0.2, 0.25) is 0 Å². The molecule has 1 saturated carbocycles. The van der Waals surface area contributed by atoms with Crippen molar-refractivity contribution in [2.75, 3.05) is 6.61 Å². The Labute approximate surface area is 112 Å². The maximum Gasteiger partial charge on any atom is 0.416 e. The van der Waals surface area contributed by atoms with Gasteiger partial charge in [0.1, 0.15) is 0 Å². The minimum atomic E-state index is -4.46. The SMILES string of the molecule is NC(=O)COC(=O)[C@@H]1C[C@@H]1c1ccccc1C(F)(F)F. The van der Waals surface area contributed by atoms with Gasteiger partial charge in [0.15, 0.2) is 6.61 Å². The molecule has 0 radical (unpaired) electrons. The van der Waals surface area contributed by atoms with Crippen molar-refractivity contribution >= 4 is 11.9 Å². The zero-order valence-corrected chi connectivity index (χ0v) is 10.3. The van der Waals surface area contributed by atoms with Gasteiger partial charge in [-0.3, -0.25) is 9.59 Å². The molecule has 0 bridgehead atoms. The highest BCUT2D eigenvalue weighted by Gasteiger charge is 2.48. The first-order chi connectivity index (χ1) is 9.30. The Morgan fingerprint density at radius 3 is 2.55 bits per heavy atom. The van der Waals surface area contributed by atoms with Crippen molar-refractivity contribution in [3.63, 3.8) is 0 Å². The van der Waals surface area contributed by atoms with Gasteiger partial charge in [-0.25, -0.2) is 0 Å². The van der Waals surface area contributed by atoms with Crippen LogP contribution in [0.4, 0.5) is 13.2 Å². The van der Waals surface area contributed by atoms with Gasteiger partial charge < -0.3 is 10.5 Å². The predicted octanol–water partition coefficient (Wildman–Crippen LogP) is 1.84. The summed E-state index contributed by atoms with van der Waals surface area (Å²) in [6, 6.07) is 5.14. The largest absolute Gasteiger partial charge is 0.455 e. The van der Waals surface area contributed by atoms with Crippen LogP contribution in [0.15, 0.2) is 24.3 Å². The summed E-state index contributed by atoms with van der Waals surface area (Å²) in [4.78, 5) is 22.0. The third kappa shape index (κ3) is 3.09. The van der Waals surface area contributed by atoms with Gasteiger partial charge in [-0.1, -0.05) is 18.2 Å². The molecule has 1 aromatic carbocycles. The molecule has 2 rings (SSSR count). The fourth-order valence-electron chi connectivity index (χ4n) is 2.13. The molecule has 2 N–H and O–H groups in total. The zero-order valence-electron chi connectivity index (χ0n) is 10.3. The lowest BCUT2D eigenvalue weighted by Gasteiger charge is -2.12. The number of carbonyl (C=O) groups is 2. The van der Waals surface area contributed by atoms with Gasteiger partial charge in [-0.05, 0) is 24.0 Å². The molecule has 4 nitrogen and oxygen atoms in total. The quantitative estimate of drug-likeness (QED) is 0.859. The van der Waals surface area contributed by atoms with Crippen LogP contribution in [0.5, 0.6) is 0 Å². The molecule has 108 valence electrons. The van der Waals surface area contributed by atoms with E-state index in [0.717, 1.165) is 6.07 Å². The summed E-state index contributed by atoms with van der Waals surface area (Å²) < 4.78 is 43.1. The predicted molar refractivity (Wildman–Crippen MR) is 62.4 cm³/mol. The first-order valence-corrected chi connectivity index (χ1v) is 5.91. The number of hydrogen-bond acceptors (Lipinski definition) is 3. The summed E-state index contributed by atoms with van der Waals surface area (Å²) in [6.07, 6.45) is -4.18. The van der Waals surface area contributed by atoms with Crippen molar-refractivity contribution in [2.45, 2.75) is 18.5 Å². The molecular formula is C13H12F3NO3. The monoisotopic (exact) mass is 287 g/mol. The van der Waals surface area contributed by atoms with Crippen LogP contribution in [0.3, 0.4) is 0 Å². The number of alkyl halides is 3. The standard InChI is InChI=1S/C13H12F3NO3/c14-13(15,16)10-4-2-1-3-7(10)8-5-9(8)12(19)20-6-11(17)18/h1-4,8-9H,5-6H2,(H2,17,18)/t8-,9-/m1/s1. The van der Waals surface area contributed by atoms with E-state index in [1.165, 1.54) is 18.2 Å². The van der Waals surface area contributed by atoms with Gasteiger partial charge in [0.25, 0.3) is 5.91 Å². The Morgan fingerprint density at radius 1 is 1.30 bits per heavy atom. The average molecular weight is 287 g/mol. The molecule has 1 amide bonds. The van der Waals surface area contributed by atoms with Crippen LogP contribution in [0, 0.1) is 5.92 Å². The van der Waals surface area contributed by atoms with E-state index in [1.807, 2.05) is 0 Å². The lowest BCUT2D eigenvalue weighted by Crippen LogP contribution is -2.21. The molecule has 20 heavy (non-hydrogen) atoms. The molecule has 1 fully saturated rings. The molecule has 0 aliphatic heterocycles. The maximum atomic E-state index is 12.8. The van der Waals surface area contributed by atoms with E-state index in [4.69, 9.17) is 5.73 Å². The Balaban J connectivity index is 2.09. The highest BCUT2D eigenvalue weighted by molar-refractivity contribution is 5.82. The lowest BCUT2D eigenvalue weighted by molar-refractivity contribution is -0.149. The first-order valence-electron chi connectivity index (χ1n) is 5.91. The van der Waals surface area contributed by atoms with Crippen molar-refractivity contribution in [1.29, 1.82) is 0 Å². The second-order valence-corrected chi connectivity index (χ2v) is 4.61. The minimum absolute atomic E-state index is 0.0843. The number of carbonyl (C=O) groups excluding carboxylic acids is 2. The summed E-state index contributed by atoms with van der Waals surface area (Å²) >= 11 is 0. The number of rotatable bonds is 4. The summed E-state index contributed by atoms with van der Waals surface area (Å²) in [7, 11) is 0. The molecule has 0 aromatic heterocycles. The van der Waals surface area contributed by atoms with Crippen LogP contribution in [0.25, 0.3) is 0 Å². The fraction of sp³-hybridized carbons (Fsp3) is 0.385. The first kappa shape index (κ1) is 14.4. The van der Waals surface area contributed by atoms with E-state index in [1.54, 1.807) is 0 Å². The summed E-state index contributed by atoms with van der Waals surface area (Å²) in [5.74, 6) is -2.65. The van der Waals surface area contributed by atoms with Crippen LogP contribution >= 0.6 is 0 Å². The highest BCUT2D eigenvalue weighted by atomic mass is 19.4. The number of ether oxygens (including phenoxy) is 1. The summed E-state index contributed by atoms with van der Waals surface area (Å²) in [6.45, 7) is -0.553. The number of benzene rings is 1. The number of amides is 1. The molecular weight excluding hydrogens is 275 g/mol. The third-order valence-electron chi connectivity index (χ3n) is 3.12. The lowest BCUT2D eigenvalue weighted by atomic mass is 10.0. The van der Waals surface area contributed by atoms with E-state index in [2.05, 4.69) is 4.74 Å². The summed E-state index contributed by atoms with van der Waals surface area (Å²) in [5, 5.41) is 0. The van der Waals surface area contributed by atoms with E-state index in [0.29, 0.717) is 0 Å². The highest BCUT2D eigenvalue weighted by Crippen LogP contribution is 2.51. The Kier molecular flexibility index (Phi) is 3.69. The van der Waals surface area contributed by atoms with Gasteiger partial charge in [-0.2, -0.15) is 13.2 Å². The normalized spacial score (nSPS) is 21.4. The number of nitrogens with two attached hydrogens (primary N) is 1. The molecule has 7 heteroatoms. The van der Waals surface area contributed by atoms with Crippen molar-refractivity contribution < 1.29 is 27.5 Å². The van der Waals surface area contributed by atoms with E-state index in [-0.39, 0.29) is 12.0 Å². The van der Waals surface area contributed by atoms with Gasteiger partial charge in [0.2, 0.25) is 0 Å². The third-order valence-corrected chi connectivity index (χ3v) is 3.12. The zero-order chi connectivity index (χ0) is 14.9. The van der Waals surface area contributed by atoms with Gasteiger partial charge in [0, 0.05) is 0 Å². The second-order valence-electron chi connectivity index (χ2n) is 4.61. The van der Waals surface area contributed by atoms with Crippen molar-refractivity contribution in [3.05, 3.63) is 35.4 Å². The maximum absolute atomic E-state index is 12.8. The van der Waals surface area contributed by atoms with E-state index >= 15 is 0 Å². The topological polar surface area (TPSA) is 69.4 Å². The fourth-order valence-corrected chi connectivity index (χ4v) is 2.13. The van der Waals surface area contributed by atoms with Crippen LogP contribution < -0.4 is 5.73 Å². The van der Waals surface area contributed by atoms with Gasteiger partial charge in [-0.15, -0.1) is 0 Å². The number of esters is 1. The Hall–Kier alpha value is -2.05. The Bertz CT molecular complexity index is 542. The summed E-state index contributed by atoms with van der Waals surface area (Å²) in [5.41, 5.74) is 4.17. The van der Waals surface area contributed by atoms with Crippen LogP contribution in [0.1, 0.15) is 23.5 Å². The second kappa shape index (κ2) is 5.15. The molecule has 0 heterocycles. The molecule has 0 unspecified atom stereocenters. The molecule has 2 atom stereocenters. The van der Waals surface area contributed by atoms with Gasteiger partial charge in [0.05, 0.1) is 11.5 Å². The average Bonchev–Trinajstić information content (AvgIpc) is 3.15. The van der Waals surface area contributed by atoms with Crippen molar-refractivity contribution in [3.8, 4) is 0 Å². The van der Waals surface area contributed by atoms with Gasteiger partial charge >= 0.3 is 12.1 Å².